The lowest BCUT2D eigenvalue weighted by molar-refractivity contribution is -0.129. The van der Waals surface area contributed by atoms with Gasteiger partial charge in [-0.3, -0.25) is 4.79 Å². The van der Waals surface area contributed by atoms with Gasteiger partial charge in [0.05, 0.1) is 6.10 Å². The number of hydrogen-bond acceptors (Lipinski definition) is 2. The van der Waals surface area contributed by atoms with Crippen molar-refractivity contribution < 1.29 is 9.90 Å². The molecule has 0 saturated carbocycles. The van der Waals surface area contributed by atoms with E-state index in [-0.39, 0.29) is 12.0 Å². The highest BCUT2D eigenvalue weighted by Crippen LogP contribution is 2.19. The number of amides is 1. The van der Waals surface area contributed by atoms with Gasteiger partial charge < -0.3 is 10.0 Å². The van der Waals surface area contributed by atoms with E-state index in [9.17, 15) is 9.90 Å². The van der Waals surface area contributed by atoms with Gasteiger partial charge in [-0.15, -0.1) is 0 Å². The zero-order valence-corrected chi connectivity index (χ0v) is 9.72. The minimum atomic E-state index is -0.344. The van der Waals surface area contributed by atoms with Crippen LogP contribution in [0.1, 0.15) is 26.2 Å². The second-order valence-corrected chi connectivity index (χ2v) is 4.78. The van der Waals surface area contributed by atoms with Crippen LogP contribution in [0, 0.1) is 5.92 Å². The Labute approximate surface area is 96.4 Å². The number of likely N-dealkylation sites (tertiary alicyclic amines) is 1. The number of β-amino-alcohol motifs (C(OH)–C–C–N with tert-alkyl or cyclic N) is 1. The highest BCUT2D eigenvalue weighted by molar-refractivity contribution is 5.96. The van der Waals surface area contributed by atoms with Crippen molar-refractivity contribution in [3.63, 3.8) is 0 Å². The Morgan fingerprint density at radius 1 is 1.56 bits per heavy atom. The van der Waals surface area contributed by atoms with E-state index in [4.69, 9.17) is 0 Å². The molecular weight excluding hydrogens is 202 g/mol. The summed E-state index contributed by atoms with van der Waals surface area (Å²) in [4.78, 5) is 13.9. The van der Waals surface area contributed by atoms with Crippen molar-refractivity contribution in [2.45, 2.75) is 32.3 Å². The molecule has 0 radical (unpaired) electrons. The zero-order chi connectivity index (χ0) is 11.5. The Morgan fingerprint density at radius 2 is 2.38 bits per heavy atom. The quantitative estimate of drug-likeness (QED) is 0.729. The third-order valence-corrected chi connectivity index (χ3v) is 3.20. The van der Waals surface area contributed by atoms with E-state index in [2.05, 4.69) is 13.0 Å². The van der Waals surface area contributed by atoms with Crippen LogP contribution in [0.3, 0.4) is 0 Å². The number of piperidine rings is 1. The second kappa shape index (κ2) is 4.83. The molecule has 2 rings (SSSR count). The SMILES string of the molecule is CC1C=C(C(=O)N2CCC[C@@H](O)C2)C=CC1. The van der Waals surface area contributed by atoms with Crippen molar-refractivity contribution in [2.24, 2.45) is 5.92 Å². The number of hydrogen-bond donors (Lipinski definition) is 1. The van der Waals surface area contributed by atoms with Crippen LogP contribution < -0.4 is 0 Å². The van der Waals surface area contributed by atoms with Gasteiger partial charge in [0.15, 0.2) is 0 Å². The molecule has 2 aliphatic rings. The van der Waals surface area contributed by atoms with Gasteiger partial charge in [-0.2, -0.15) is 0 Å². The van der Waals surface area contributed by atoms with E-state index >= 15 is 0 Å². The first-order valence-electron chi connectivity index (χ1n) is 6.02. The van der Waals surface area contributed by atoms with Gasteiger partial charge in [-0.25, -0.2) is 0 Å². The van der Waals surface area contributed by atoms with Gasteiger partial charge in [0.2, 0.25) is 0 Å². The van der Waals surface area contributed by atoms with Crippen LogP contribution in [0.25, 0.3) is 0 Å². The van der Waals surface area contributed by atoms with Crippen molar-refractivity contribution in [3.8, 4) is 0 Å². The molecule has 1 saturated heterocycles. The zero-order valence-electron chi connectivity index (χ0n) is 9.72. The fourth-order valence-corrected chi connectivity index (χ4v) is 2.30. The topological polar surface area (TPSA) is 40.5 Å². The minimum Gasteiger partial charge on any atom is -0.391 e. The summed E-state index contributed by atoms with van der Waals surface area (Å²) in [6.07, 6.45) is 8.38. The van der Waals surface area contributed by atoms with Crippen molar-refractivity contribution in [1.82, 2.24) is 4.90 Å². The van der Waals surface area contributed by atoms with E-state index in [0.717, 1.165) is 31.4 Å². The predicted octanol–water partition coefficient (Wildman–Crippen LogP) is 1.49. The summed E-state index contributed by atoms with van der Waals surface area (Å²) >= 11 is 0. The fourth-order valence-electron chi connectivity index (χ4n) is 2.30. The largest absolute Gasteiger partial charge is 0.391 e. The smallest absolute Gasteiger partial charge is 0.253 e. The van der Waals surface area contributed by atoms with E-state index in [1.165, 1.54) is 0 Å². The summed E-state index contributed by atoms with van der Waals surface area (Å²) in [5.41, 5.74) is 0.785. The average Bonchev–Trinajstić information content (AvgIpc) is 2.28. The summed E-state index contributed by atoms with van der Waals surface area (Å²) in [5.74, 6) is 0.514. The molecule has 0 spiro atoms. The molecule has 88 valence electrons. The van der Waals surface area contributed by atoms with Crippen LogP contribution in [0.15, 0.2) is 23.8 Å². The number of carbonyl (C=O) groups excluding carboxylic acids is 1. The third-order valence-electron chi connectivity index (χ3n) is 3.20. The number of aliphatic hydroxyl groups is 1. The monoisotopic (exact) mass is 221 g/mol. The van der Waals surface area contributed by atoms with Gasteiger partial charge in [0.25, 0.3) is 5.91 Å². The van der Waals surface area contributed by atoms with Crippen LogP contribution in [0.2, 0.25) is 0 Å². The summed E-state index contributed by atoms with van der Waals surface area (Å²) in [6.45, 7) is 3.37. The molecule has 0 bridgehead atoms. The highest BCUT2D eigenvalue weighted by atomic mass is 16.3. The van der Waals surface area contributed by atoms with Crippen molar-refractivity contribution in [1.29, 1.82) is 0 Å². The van der Waals surface area contributed by atoms with Crippen LogP contribution in [-0.4, -0.2) is 35.1 Å². The van der Waals surface area contributed by atoms with E-state index in [1.807, 2.05) is 12.2 Å². The summed E-state index contributed by atoms with van der Waals surface area (Å²) in [6, 6.07) is 0. The van der Waals surface area contributed by atoms with Crippen LogP contribution in [0.4, 0.5) is 0 Å². The Morgan fingerprint density at radius 3 is 3.06 bits per heavy atom. The highest BCUT2D eigenvalue weighted by Gasteiger charge is 2.24. The molecule has 0 aromatic carbocycles. The third kappa shape index (κ3) is 2.53. The molecule has 0 aromatic heterocycles. The first-order valence-corrected chi connectivity index (χ1v) is 6.02. The minimum absolute atomic E-state index is 0.0709. The summed E-state index contributed by atoms with van der Waals surface area (Å²) in [5, 5.41) is 9.55. The van der Waals surface area contributed by atoms with E-state index < -0.39 is 0 Å². The number of rotatable bonds is 1. The normalized spacial score (nSPS) is 30.1. The molecule has 1 unspecified atom stereocenters. The van der Waals surface area contributed by atoms with E-state index in [1.54, 1.807) is 4.90 Å². The Bertz CT molecular complexity index is 333. The molecule has 1 aliphatic heterocycles. The molecule has 1 heterocycles. The Balaban J connectivity index is 2.04. The summed E-state index contributed by atoms with van der Waals surface area (Å²) in [7, 11) is 0. The van der Waals surface area contributed by atoms with Crippen LogP contribution in [-0.2, 0) is 4.79 Å². The Hall–Kier alpha value is -1.09. The molecule has 1 fully saturated rings. The lowest BCUT2D eigenvalue weighted by Crippen LogP contribution is -2.42. The maximum atomic E-state index is 12.1. The first kappa shape index (κ1) is 11.4. The van der Waals surface area contributed by atoms with Gasteiger partial charge in [-0.1, -0.05) is 25.2 Å². The molecule has 2 atom stereocenters. The molecule has 0 aromatic rings. The lowest BCUT2D eigenvalue weighted by atomic mass is 9.96. The van der Waals surface area contributed by atoms with Crippen LogP contribution in [0.5, 0.6) is 0 Å². The number of aliphatic hydroxyl groups excluding tert-OH is 1. The van der Waals surface area contributed by atoms with Gasteiger partial charge in [-0.05, 0) is 25.2 Å². The maximum absolute atomic E-state index is 12.1. The van der Waals surface area contributed by atoms with Gasteiger partial charge in [0, 0.05) is 18.7 Å². The second-order valence-electron chi connectivity index (χ2n) is 4.78. The molecule has 16 heavy (non-hydrogen) atoms. The average molecular weight is 221 g/mol. The summed E-state index contributed by atoms with van der Waals surface area (Å²) < 4.78 is 0. The predicted molar refractivity (Wildman–Crippen MR) is 62.8 cm³/mol. The lowest BCUT2D eigenvalue weighted by Gasteiger charge is -2.31. The standard InChI is InChI=1S/C13H19NO2/c1-10-4-2-5-11(8-10)13(16)14-7-3-6-12(15)9-14/h2,5,8,10,12,15H,3-4,6-7,9H2,1H3/t10?,12-/m1/s1. The maximum Gasteiger partial charge on any atom is 0.253 e. The number of carbonyl (C=O) groups is 1. The molecule has 1 amide bonds. The van der Waals surface area contributed by atoms with Crippen molar-refractivity contribution >= 4 is 5.91 Å². The van der Waals surface area contributed by atoms with E-state index in [0.29, 0.717) is 12.5 Å². The number of nitrogens with zero attached hydrogens (tertiary/aromatic N) is 1. The van der Waals surface area contributed by atoms with Crippen molar-refractivity contribution in [3.05, 3.63) is 23.8 Å². The van der Waals surface area contributed by atoms with Gasteiger partial charge in [0.1, 0.15) is 0 Å². The fraction of sp³-hybridized carbons (Fsp3) is 0.615. The molecule has 1 N–H and O–H groups in total. The van der Waals surface area contributed by atoms with Crippen LogP contribution >= 0.6 is 0 Å². The molecular formula is C13H19NO2. The first-order chi connectivity index (χ1) is 7.66. The molecule has 3 heteroatoms. The van der Waals surface area contributed by atoms with Crippen molar-refractivity contribution in [2.75, 3.05) is 13.1 Å². The Kier molecular flexibility index (Phi) is 3.44. The molecule has 1 aliphatic carbocycles. The van der Waals surface area contributed by atoms with Gasteiger partial charge >= 0.3 is 0 Å². The molecule has 3 nitrogen and oxygen atoms in total. The number of allylic oxidation sites excluding steroid dienone is 2.